The van der Waals surface area contributed by atoms with E-state index in [1.807, 2.05) is 12.3 Å². The summed E-state index contributed by atoms with van der Waals surface area (Å²) in [6, 6.07) is 0. The van der Waals surface area contributed by atoms with E-state index >= 15 is 0 Å². The van der Waals surface area contributed by atoms with Crippen molar-refractivity contribution in [2.24, 2.45) is 0 Å². The third-order valence-corrected chi connectivity index (χ3v) is 2.94. The Kier molecular flexibility index (Phi) is 2.32. The molecule has 2 aromatic heterocycles. The maximum Gasteiger partial charge on any atom is 0.356 e. The number of hydrogen-bond donors (Lipinski definition) is 0. The van der Waals surface area contributed by atoms with Crippen LogP contribution in [0.4, 0.5) is 0 Å². The summed E-state index contributed by atoms with van der Waals surface area (Å²) < 4.78 is 1.45. The van der Waals surface area contributed by atoms with Gasteiger partial charge in [-0.15, -0.1) is 11.3 Å². The van der Waals surface area contributed by atoms with Gasteiger partial charge in [0.1, 0.15) is 0 Å². The Morgan fingerprint density at radius 3 is 3.23 bits per heavy atom. The molecule has 0 saturated carbocycles. The highest BCUT2D eigenvalue weighted by Crippen LogP contribution is 2.12. The smallest absolute Gasteiger partial charge is 0.245 e. The fourth-order valence-electron chi connectivity index (χ4n) is 0.935. The molecule has 0 aliphatic rings. The van der Waals surface area contributed by atoms with Gasteiger partial charge in [-0.05, 0) is 5.75 Å². The van der Waals surface area contributed by atoms with Gasteiger partial charge in [-0.1, -0.05) is 18.7 Å². The molecule has 0 N–H and O–H groups in total. The van der Waals surface area contributed by atoms with Crippen LogP contribution in [0.2, 0.25) is 0 Å². The van der Waals surface area contributed by atoms with E-state index in [1.54, 1.807) is 6.20 Å². The van der Waals surface area contributed by atoms with Gasteiger partial charge in [0, 0.05) is 11.6 Å². The lowest BCUT2D eigenvalue weighted by Gasteiger charge is -1.95. The zero-order valence-electron chi connectivity index (χ0n) is 6.93. The van der Waals surface area contributed by atoms with Crippen molar-refractivity contribution < 1.29 is 0 Å². The van der Waals surface area contributed by atoms with Crippen molar-refractivity contribution in [2.45, 2.75) is 12.1 Å². The summed E-state index contributed by atoms with van der Waals surface area (Å²) in [7, 11) is 0. The van der Waals surface area contributed by atoms with Crippen molar-refractivity contribution in [3.63, 3.8) is 0 Å². The Morgan fingerprint density at radius 1 is 1.62 bits per heavy atom. The van der Waals surface area contributed by atoms with Crippen LogP contribution in [-0.4, -0.2) is 20.1 Å². The van der Waals surface area contributed by atoms with Crippen molar-refractivity contribution in [1.82, 2.24) is 14.4 Å². The van der Waals surface area contributed by atoms with Crippen LogP contribution in [0.3, 0.4) is 0 Å². The summed E-state index contributed by atoms with van der Waals surface area (Å²) >= 11 is 2.92. The van der Waals surface area contributed by atoms with Crippen molar-refractivity contribution in [3.8, 4) is 0 Å². The lowest BCUT2D eigenvalue weighted by atomic mass is 10.9. The second-order valence-corrected chi connectivity index (χ2v) is 4.38. The number of nitrogens with zero attached hydrogens (tertiary/aromatic N) is 3. The van der Waals surface area contributed by atoms with Crippen LogP contribution >= 0.6 is 23.1 Å². The molecule has 0 amide bonds. The Labute approximate surface area is 82.7 Å². The minimum atomic E-state index is -0.248. The molecule has 4 nitrogen and oxygen atoms in total. The largest absolute Gasteiger partial charge is 0.356 e. The predicted octanol–water partition coefficient (Wildman–Crippen LogP) is 1.26. The minimum Gasteiger partial charge on any atom is -0.245 e. The first-order valence-corrected chi connectivity index (χ1v) is 5.64. The predicted molar refractivity (Wildman–Crippen MR) is 53.5 cm³/mol. The Morgan fingerprint density at radius 2 is 2.46 bits per heavy atom. The molecule has 0 aliphatic heterocycles. The van der Waals surface area contributed by atoms with Crippen LogP contribution in [0.15, 0.2) is 21.5 Å². The van der Waals surface area contributed by atoms with Gasteiger partial charge in [-0.25, -0.2) is 9.20 Å². The van der Waals surface area contributed by atoms with Gasteiger partial charge in [-0.2, -0.15) is 9.97 Å². The van der Waals surface area contributed by atoms with Gasteiger partial charge in [0.15, 0.2) is 10.1 Å². The van der Waals surface area contributed by atoms with Crippen LogP contribution in [-0.2, 0) is 0 Å². The molecule has 0 saturated heterocycles. The summed E-state index contributed by atoms with van der Waals surface area (Å²) in [5, 5.41) is 2.39. The fraction of sp³-hybridized carbons (Fsp3) is 0.286. The highest BCUT2D eigenvalue weighted by Gasteiger charge is 2.03. The standard InChI is InChI=1S/C7H7N3OS2/c1-2-12-5-8-6(11)10-3-4-13-7(10)9-5/h3-4H,2H2,1H3. The molecule has 0 atom stereocenters. The van der Waals surface area contributed by atoms with Crippen molar-refractivity contribution in [2.75, 3.05) is 5.75 Å². The first-order chi connectivity index (χ1) is 6.31. The highest BCUT2D eigenvalue weighted by molar-refractivity contribution is 7.99. The Balaban J connectivity index is 2.63. The number of fused-ring (bicyclic) bond motifs is 1. The topological polar surface area (TPSA) is 47.3 Å². The molecule has 0 radical (unpaired) electrons. The SMILES string of the molecule is CCSc1nc(=O)n2ccsc2n1. The van der Waals surface area contributed by atoms with E-state index in [2.05, 4.69) is 9.97 Å². The van der Waals surface area contributed by atoms with Crippen LogP contribution < -0.4 is 5.69 Å². The fourth-order valence-corrected chi connectivity index (χ4v) is 2.24. The molecule has 0 aromatic carbocycles. The van der Waals surface area contributed by atoms with Gasteiger partial charge in [-0.3, -0.25) is 0 Å². The van der Waals surface area contributed by atoms with E-state index in [1.165, 1.54) is 27.5 Å². The molecule has 0 unspecified atom stereocenters. The van der Waals surface area contributed by atoms with Gasteiger partial charge in [0.25, 0.3) is 0 Å². The van der Waals surface area contributed by atoms with Crippen LogP contribution in [0.1, 0.15) is 6.92 Å². The van der Waals surface area contributed by atoms with E-state index in [0.717, 1.165) is 5.75 Å². The molecule has 0 spiro atoms. The summed E-state index contributed by atoms with van der Waals surface area (Å²) in [5.74, 6) is 0.876. The third-order valence-electron chi connectivity index (χ3n) is 1.45. The quantitative estimate of drug-likeness (QED) is 0.705. The maximum absolute atomic E-state index is 11.3. The van der Waals surface area contributed by atoms with E-state index in [0.29, 0.717) is 10.1 Å². The summed E-state index contributed by atoms with van der Waals surface area (Å²) in [4.78, 5) is 20.1. The molecule has 6 heteroatoms. The van der Waals surface area contributed by atoms with Gasteiger partial charge in [0.05, 0.1) is 0 Å². The van der Waals surface area contributed by atoms with Crippen LogP contribution in [0.25, 0.3) is 4.96 Å². The Hall–Kier alpha value is -0.880. The van der Waals surface area contributed by atoms with E-state index < -0.39 is 0 Å². The molecule has 2 aromatic rings. The lowest BCUT2D eigenvalue weighted by Crippen LogP contribution is -2.16. The van der Waals surface area contributed by atoms with Gasteiger partial charge < -0.3 is 0 Å². The lowest BCUT2D eigenvalue weighted by molar-refractivity contribution is 0.861. The molecule has 13 heavy (non-hydrogen) atoms. The second-order valence-electron chi connectivity index (χ2n) is 2.28. The van der Waals surface area contributed by atoms with E-state index in [9.17, 15) is 4.79 Å². The van der Waals surface area contributed by atoms with E-state index in [4.69, 9.17) is 0 Å². The molecule has 2 heterocycles. The van der Waals surface area contributed by atoms with Crippen molar-refractivity contribution in [1.29, 1.82) is 0 Å². The molecule has 0 fully saturated rings. The number of hydrogen-bond acceptors (Lipinski definition) is 5. The average molecular weight is 213 g/mol. The van der Waals surface area contributed by atoms with Crippen molar-refractivity contribution in [3.05, 3.63) is 22.1 Å². The van der Waals surface area contributed by atoms with Crippen LogP contribution in [0.5, 0.6) is 0 Å². The number of thioether (sulfide) groups is 1. The molecular weight excluding hydrogens is 206 g/mol. The summed E-state index contributed by atoms with van der Waals surface area (Å²) in [6.45, 7) is 2.00. The molecule has 68 valence electrons. The molecule has 0 aliphatic carbocycles. The third kappa shape index (κ3) is 1.59. The normalized spacial score (nSPS) is 10.8. The van der Waals surface area contributed by atoms with Crippen LogP contribution in [0, 0.1) is 0 Å². The number of rotatable bonds is 2. The van der Waals surface area contributed by atoms with Gasteiger partial charge >= 0.3 is 5.69 Å². The molecule has 0 bridgehead atoms. The molecular formula is C7H7N3OS2. The molecule has 2 rings (SSSR count). The first-order valence-electron chi connectivity index (χ1n) is 3.78. The summed E-state index contributed by atoms with van der Waals surface area (Å²) in [5.41, 5.74) is -0.248. The first kappa shape index (κ1) is 8.71. The zero-order valence-corrected chi connectivity index (χ0v) is 8.56. The van der Waals surface area contributed by atoms with Crippen molar-refractivity contribution >= 4 is 28.1 Å². The highest BCUT2D eigenvalue weighted by atomic mass is 32.2. The van der Waals surface area contributed by atoms with Gasteiger partial charge in [0.2, 0.25) is 0 Å². The maximum atomic E-state index is 11.3. The van der Waals surface area contributed by atoms with E-state index in [-0.39, 0.29) is 5.69 Å². The monoisotopic (exact) mass is 213 g/mol. The second kappa shape index (κ2) is 3.47. The minimum absolute atomic E-state index is 0.248. The summed E-state index contributed by atoms with van der Waals surface area (Å²) in [6.07, 6.45) is 1.68. The number of thiazole rings is 1. The zero-order chi connectivity index (χ0) is 9.26. The Bertz CT molecular complexity index is 476. The number of aromatic nitrogens is 3. The average Bonchev–Trinajstić information content (AvgIpc) is 2.53.